The number of carbonyl (C=O) groups is 2. The van der Waals surface area contributed by atoms with Crippen LogP contribution in [0, 0.1) is 0 Å². The molecule has 0 spiro atoms. The molecule has 4 nitrogen and oxygen atoms in total. The third-order valence-corrected chi connectivity index (χ3v) is 5.15. The zero-order valence-corrected chi connectivity index (χ0v) is 14.1. The second-order valence-corrected chi connectivity index (χ2v) is 6.86. The number of carbonyl (C=O) groups excluding carboxylic acids is 2. The van der Waals surface area contributed by atoms with Gasteiger partial charge in [0.15, 0.2) is 0 Å². The lowest BCUT2D eigenvalue weighted by Gasteiger charge is -2.38. The Balaban J connectivity index is 1.58. The Morgan fingerprint density at radius 1 is 1.00 bits per heavy atom. The number of likely N-dealkylation sites (tertiary alicyclic amines) is 2. The van der Waals surface area contributed by atoms with Gasteiger partial charge in [-0.25, -0.2) is 0 Å². The molecule has 124 valence electrons. The van der Waals surface area contributed by atoms with Crippen LogP contribution in [0.25, 0.3) is 0 Å². The maximum absolute atomic E-state index is 12.5. The highest BCUT2D eigenvalue weighted by Crippen LogP contribution is 2.22. The topological polar surface area (TPSA) is 40.6 Å². The fourth-order valence-electron chi connectivity index (χ4n) is 3.55. The minimum absolute atomic E-state index is 0.0577. The molecule has 1 aromatic rings. The Kier molecular flexibility index (Phi) is 5.21. The molecule has 0 aliphatic carbocycles. The van der Waals surface area contributed by atoms with E-state index in [0.717, 1.165) is 51.7 Å². The molecule has 2 amide bonds. The number of amides is 2. The first kappa shape index (κ1) is 16.3. The molecular weight excluding hydrogens is 312 g/mol. The SMILES string of the molecule is O=C(c1ccc(Cl)cc1)N1CCC(N2CCCCCC2=O)CC1. The van der Waals surface area contributed by atoms with Crippen LogP contribution in [0.1, 0.15) is 48.9 Å². The molecule has 1 aromatic carbocycles. The van der Waals surface area contributed by atoms with Crippen molar-refractivity contribution in [3.8, 4) is 0 Å². The van der Waals surface area contributed by atoms with Crippen LogP contribution in [0.2, 0.25) is 5.02 Å². The zero-order chi connectivity index (χ0) is 16.2. The van der Waals surface area contributed by atoms with E-state index in [9.17, 15) is 9.59 Å². The molecule has 0 unspecified atom stereocenters. The largest absolute Gasteiger partial charge is 0.340 e. The fourth-order valence-corrected chi connectivity index (χ4v) is 3.67. The van der Waals surface area contributed by atoms with Crippen LogP contribution in [0.5, 0.6) is 0 Å². The molecule has 5 heteroatoms. The molecule has 0 bridgehead atoms. The number of hydrogen-bond donors (Lipinski definition) is 0. The van der Waals surface area contributed by atoms with Crippen LogP contribution >= 0.6 is 11.6 Å². The summed E-state index contributed by atoms with van der Waals surface area (Å²) in [7, 11) is 0. The van der Waals surface area contributed by atoms with Crippen LogP contribution in [-0.2, 0) is 4.79 Å². The van der Waals surface area contributed by atoms with Crippen LogP contribution in [0.15, 0.2) is 24.3 Å². The van der Waals surface area contributed by atoms with Crippen molar-refractivity contribution in [3.63, 3.8) is 0 Å². The van der Waals surface area contributed by atoms with Crippen molar-refractivity contribution in [1.82, 2.24) is 9.80 Å². The van der Waals surface area contributed by atoms with Crippen molar-refractivity contribution < 1.29 is 9.59 Å². The lowest BCUT2D eigenvalue weighted by atomic mass is 10.0. The van der Waals surface area contributed by atoms with Gasteiger partial charge in [0, 0.05) is 42.7 Å². The van der Waals surface area contributed by atoms with Crippen molar-refractivity contribution in [1.29, 1.82) is 0 Å². The van der Waals surface area contributed by atoms with Gasteiger partial charge in [0.05, 0.1) is 0 Å². The van der Waals surface area contributed by atoms with E-state index in [1.165, 1.54) is 0 Å². The van der Waals surface area contributed by atoms with E-state index in [1.54, 1.807) is 24.3 Å². The van der Waals surface area contributed by atoms with Crippen molar-refractivity contribution >= 4 is 23.4 Å². The molecule has 2 saturated heterocycles. The van der Waals surface area contributed by atoms with Crippen molar-refractivity contribution in [2.75, 3.05) is 19.6 Å². The minimum atomic E-state index is 0.0577. The van der Waals surface area contributed by atoms with Crippen LogP contribution < -0.4 is 0 Å². The molecular formula is C18H23ClN2O2. The summed E-state index contributed by atoms with van der Waals surface area (Å²) < 4.78 is 0. The number of nitrogens with zero attached hydrogens (tertiary/aromatic N) is 2. The first-order chi connectivity index (χ1) is 11.1. The van der Waals surface area contributed by atoms with Gasteiger partial charge in [0.1, 0.15) is 0 Å². The molecule has 0 atom stereocenters. The minimum Gasteiger partial charge on any atom is -0.340 e. The molecule has 2 heterocycles. The van der Waals surface area contributed by atoms with E-state index in [1.807, 2.05) is 4.90 Å². The highest BCUT2D eigenvalue weighted by atomic mass is 35.5. The average molecular weight is 335 g/mol. The summed E-state index contributed by atoms with van der Waals surface area (Å²) in [5, 5.41) is 0.639. The summed E-state index contributed by atoms with van der Waals surface area (Å²) in [5.41, 5.74) is 0.679. The van der Waals surface area contributed by atoms with E-state index in [2.05, 4.69) is 4.90 Å². The second kappa shape index (κ2) is 7.35. The summed E-state index contributed by atoms with van der Waals surface area (Å²) in [5.74, 6) is 0.354. The number of hydrogen-bond acceptors (Lipinski definition) is 2. The highest BCUT2D eigenvalue weighted by Gasteiger charge is 2.30. The van der Waals surface area contributed by atoms with Gasteiger partial charge in [0.2, 0.25) is 5.91 Å². The van der Waals surface area contributed by atoms with E-state index in [-0.39, 0.29) is 5.91 Å². The van der Waals surface area contributed by atoms with Crippen molar-refractivity contribution in [2.45, 2.75) is 44.6 Å². The zero-order valence-electron chi connectivity index (χ0n) is 13.3. The molecule has 0 radical (unpaired) electrons. The molecule has 2 aliphatic heterocycles. The lowest BCUT2D eigenvalue weighted by molar-refractivity contribution is -0.133. The van der Waals surface area contributed by atoms with Gasteiger partial charge in [-0.3, -0.25) is 9.59 Å². The molecule has 2 aliphatic rings. The van der Waals surface area contributed by atoms with Crippen molar-refractivity contribution in [3.05, 3.63) is 34.9 Å². The maximum atomic E-state index is 12.5. The molecule has 0 saturated carbocycles. The predicted octanol–water partition coefficient (Wildman–Crippen LogP) is 3.35. The van der Waals surface area contributed by atoms with Gasteiger partial charge in [-0.2, -0.15) is 0 Å². The lowest BCUT2D eigenvalue weighted by Crippen LogP contribution is -2.48. The molecule has 3 rings (SSSR count). The van der Waals surface area contributed by atoms with Gasteiger partial charge in [-0.1, -0.05) is 18.0 Å². The van der Waals surface area contributed by atoms with Crippen molar-refractivity contribution in [2.24, 2.45) is 0 Å². The van der Waals surface area contributed by atoms with E-state index >= 15 is 0 Å². The summed E-state index contributed by atoms with van der Waals surface area (Å²) >= 11 is 5.87. The summed E-state index contributed by atoms with van der Waals surface area (Å²) in [6.07, 6.45) is 5.72. The van der Waals surface area contributed by atoms with E-state index in [4.69, 9.17) is 11.6 Å². The van der Waals surface area contributed by atoms with Crippen LogP contribution in [-0.4, -0.2) is 47.3 Å². The Labute approximate surface area is 142 Å². The normalized spacial score (nSPS) is 20.5. The first-order valence-electron chi connectivity index (χ1n) is 8.49. The molecule has 2 fully saturated rings. The van der Waals surface area contributed by atoms with Gasteiger partial charge in [0.25, 0.3) is 5.91 Å². The van der Waals surface area contributed by atoms with Crippen LogP contribution in [0.4, 0.5) is 0 Å². The van der Waals surface area contributed by atoms with Gasteiger partial charge >= 0.3 is 0 Å². The maximum Gasteiger partial charge on any atom is 0.253 e. The Bertz CT molecular complexity index is 565. The molecule has 0 N–H and O–H groups in total. The van der Waals surface area contributed by atoms with Gasteiger partial charge < -0.3 is 9.80 Å². The monoisotopic (exact) mass is 334 g/mol. The number of rotatable bonds is 2. The number of halogens is 1. The molecule has 0 aromatic heterocycles. The van der Waals surface area contributed by atoms with E-state index in [0.29, 0.717) is 29.0 Å². The summed E-state index contributed by atoms with van der Waals surface area (Å²) in [6, 6.07) is 7.34. The third-order valence-electron chi connectivity index (χ3n) is 4.89. The molecule has 23 heavy (non-hydrogen) atoms. The smallest absolute Gasteiger partial charge is 0.253 e. The number of benzene rings is 1. The third kappa shape index (κ3) is 3.86. The Hall–Kier alpha value is -1.55. The number of piperidine rings is 1. The fraction of sp³-hybridized carbons (Fsp3) is 0.556. The second-order valence-electron chi connectivity index (χ2n) is 6.43. The standard InChI is InChI=1S/C18H23ClN2O2/c19-15-7-5-14(6-8-15)18(23)20-12-9-16(10-13-20)21-11-3-1-2-4-17(21)22/h5-8,16H,1-4,9-13H2. The summed E-state index contributed by atoms with van der Waals surface area (Å²) in [4.78, 5) is 28.7. The first-order valence-corrected chi connectivity index (χ1v) is 8.87. The summed E-state index contributed by atoms with van der Waals surface area (Å²) in [6.45, 7) is 2.32. The predicted molar refractivity (Wildman–Crippen MR) is 90.6 cm³/mol. The van der Waals surface area contributed by atoms with Crippen LogP contribution in [0.3, 0.4) is 0 Å². The Morgan fingerprint density at radius 2 is 1.70 bits per heavy atom. The highest BCUT2D eigenvalue weighted by molar-refractivity contribution is 6.30. The van der Waals surface area contributed by atoms with Gasteiger partial charge in [-0.05, 0) is 49.9 Å². The average Bonchev–Trinajstić information content (AvgIpc) is 2.79. The quantitative estimate of drug-likeness (QED) is 0.832. The van der Waals surface area contributed by atoms with Gasteiger partial charge in [-0.15, -0.1) is 0 Å². The Morgan fingerprint density at radius 3 is 2.39 bits per heavy atom. The van der Waals surface area contributed by atoms with E-state index < -0.39 is 0 Å².